The molecule has 0 aromatic heterocycles. The molecule has 4 rings (SSSR count). The van der Waals surface area contributed by atoms with E-state index in [1.54, 1.807) is 11.9 Å². The summed E-state index contributed by atoms with van der Waals surface area (Å²) in [4.78, 5) is 33.8. The van der Waals surface area contributed by atoms with Gasteiger partial charge in [-0.2, -0.15) is 0 Å². The summed E-state index contributed by atoms with van der Waals surface area (Å²) >= 11 is 3.49. The molecule has 3 saturated heterocycles. The van der Waals surface area contributed by atoms with Gasteiger partial charge in [0.2, 0.25) is 0 Å². The first-order valence-corrected chi connectivity index (χ1v) is 10.9. The highest BCUT2D eigenvalue weighted by atomic mass is 79.9. The summed E-state index contributed by atoms with van der Waals surface area (Å²) in [5.74, 6) is -0.0585. The van der Waals surface area contributed by atoms with E-state index in [-0.39, 0.29) is 30.4 Å². The molecule has 1 N–H and O–H groups in total. The first-order valence-electron chi connectivity index (χ1n) is 10.1. The molecule has 152 valence electrons. The third kappa shape index (κ3) is 3.31. The summed E-state index contributed by atoms with van der Waals surface area (Å²) in [6.07, 6.45) is 3.56. The predicted molar refractivity (Wildman–Crippen MR) is 112 cm³/mol. The van der Waals surface area contributed by atoms with E-state index in [1.807, 2.05) is 12.1 Å². The molecule has 1 aromatic carbocycles. The van der Waals surface area contributed by atoms with Crippen LogP contribution in [0.5, 0.6) is 0 Å². The van der Waals surface area contributed by atoms with Gasteiger partial charge in [0, 0.05) is 36.8 Å². The van der Waals surface area contributed by atoms with Crippen molar-refractivity contribution >= 4 is 33.6 Å². The van der Waals surface area contributed by atoms with Crippen molar-refractivity contribution in [2.75, 3.05) is 31.6 Å². The van der Waals surface area contributed by atoms with Gasteiger partial charge in [0.05, 0.1) is 0 Å². The topological polar surface area (TPSA) is 59.1 Å². The number of nitrogens with zero attached hydrogens (tertiary/aromatic N) is 4. The SMILES string of the molecule is CCCCCN1C(=O)C2C(NC3N(c4ccc(Br)cc4)CCCN23)N(C)C1=O. The minimum absolute atomic E-state index is 0.0585. The maximum Gasteiger partial charge on any atom is 0.327 e. The monoisotopic (exact) mass is 449 g/mol. The molecule has 3 amide bonds. The van der Waals surface area contributed by atoms with Gasteiger partial charge in [0.25, 0.3) is 5.91 Å². The Hall–Kier alpha value is -1.64. The largest absolute Gasteiger partial charge is 0.343 e. The number of halogens is 1. The summed E-state index contributed by atoms with van der Waals surface area (Å²) in [6.45, 7) is 4.40. The van der Waals surface area contributed by atoms with Crippen LogP contribution in [0.25, 0.3) is 0 Å². The molecule has 3 aliphatic rings. The molecule has 0 aliphatic carbocycles. The fourth-order valence-corrected chi connectivity index (χ4v) is 4.81. The van der Waals surface area contributed by atoms with Crippen molar-refractivity contribution in [2.45, 2.75) is 51.1 Å². The number of benzene rings is 1. The van der Waals surface area contributed by atoms with Gasteiger partial charge >= 0.3 is 6.03 Å². The molecule has 0 bridgehead atoms. The van der Waals surface area contributed by atoms with Crippen LogP contribution >= 0.6 is 15.9 Å². The van der Waals surface area contributed by atoms with Gasteiger partial charge in [-0.3, -0.25) is 19.9 Å². The number of nitrogens with one attached hydrogen (secondary N) is 1. The average Bonchev–Trinajstić information content (AvgIpc) is 3.09. The Morgan fingerprint density at radius 3 is 2.61 bits per heavy atom. The molecule has 28 heavy (non-hydrogen) atoms. The average molecular weight is 450 g/mol. The minimum Gasteiger partial charge on any atom is -0.343 e. The molecule has 0 spiro atoms. The van der Waals surface area contributed by atoms with Gasteiger partial charge in [0.15, 0.2) is 0 Å². The van der Waals surface area contributed by atoms with Crippen molar-refractivity contribution in [3.63, 3.8) is 0 Å². The number of carbonyl (C=O) groups excluding carboxylic acids is 2. The fourth-order valence-electron chi connectivity index (χ4n) is 4.54. The fraction of sp³-hybridized carbons (Fsp3) is 0.600. The number of hydrogen-bond acceptors (Lipinski definition) is 5. The standard InChI is InChI=1S/C20H28BrN5O2/c1-3-4-5-11-26-18(27)16-17(23(2)20(26)28)22-19-24(12-6-13-25(16)19)15-9-7-14(21)8-10-15/h7-10,16-17,19,22H,3-6,11-13H2,1-2H3. The summed E-state index contributed by atoms with van der Waals surface area (Å²) in [5.41, 5.74) is 1.12. The molecule has 8 heteroatoms. The van der Waals surface area contributed by atoms with Crippen LogP contribution in [0.15, 0.2) is 28.7 Å². The zero-order valence-electron chi connectivity index (χ0n) is 16.5. The van der Waals surface area contributed by atoms with Gasteiger partial charge < -0.3 is 9.80 Å². The number of hydrogen-bond donors (Lipinski definition) is 1. The lowest BCUT2D eigenvalue weighted by molar-refractivity contribution is -0.138. The first kappa shape index (κ1) is 19.7. The minimum atomic E-state index is -0.326. The number of imide groups is 1. The van der Waals surface area contributed by atoms with Crippen LogP contribution in [0.2, 0.25) is 0 Å². The first-order chi connectivity index (χ1) is 13.5. The molecule has 3 fully saturated rings. The Kier molecular flexibility index (Phi) is 5.62. The van der Waals surface area contributed by atoms with Gasteiger partial charge in [-0.25, -0.2) is 4.79 Å². The Labute approximate surface area is 174 Å². The Bertz CT molecular complexity index is 743. The summed E-state index contributed by atoms with van der Waals surface area (Å²) < 4.78 is 1.04. The smallest absolute Gasteiger partial charge is 0.327 e. The molecule has 0 radical (unpaired) electrons. The zero-order chi connectivity index (χ0) is 19.8. The van der Waals surface area contributed by atoms with E-state index in [9.17, 15) is 9.59 Å². The predicted octanol–water partition coefficient (Wildman–Crippen LogP) is 2.63. The third-order valence-corrected chi connectivity index (χ3v) is 6.54. The normalized spacial score (nSPS) is 28.0. The van der Waals surface area contributed by atoms with E-state index in [2.05, 4.69) is 50.1 Å². The molecule has 0 saturated carbocycles. The quantitative estimate of drug-likeness (QED) is 0.700. The van der Waals surface area contributed by atoms with E-state index in [0.29, 0.717) is 6.54 Å². The number of anilines is 1. The molecule has 3 heterocycles. The lowest BCUT2D eigenvalue weighted by atomic mass is 10.1. The van der Waals surface area contributed by atoms with Crippen LogP contribution in [0.1, 0.15) is 32.6 Å². The van der Waals surface area contributed by atoms with E-state index < -0.39 is 0 Å². The van der Waals surface area contributed by atoms with Gasteiger partial charge in [-0.1, -0.05) is 35.7 Å². The number of amides is 3. The third-order valence-electron chi connectivity index (χ3n) is 6.01. The zero-order valence-corrected chi connectivity index (χ0v) is 18.1. The van der Waals surface area contributed by atoms with E-state index in [1.165, 1.54) is 4.90 Å². The summed E-state index contributed by atoms with van der Waals surface area (Å²) in [6, 6.07) is 7.73. The molecular weight excluding hydrogens is 422 g/mol. The van der Waals surface area contributed by atoms with Crippen molar-refractivity contribution in [2.24, 2.45) is 0 Å². The molecule has 7 nitrogen and oxygen atoms in total. The highest BCUT2D eigenvalue weighted by Gasteiger charge is 2.55. The van der Waals surface area contributed by atoms with Gasteiger partial charge in [-0.15, -0.1) is 0 Å². The number of unbranched alkanes of at least 4 members (excludes halogenated alkanes) is 2. The second-order valence-electron chi connectivity index (χ2n) is 7.78. The number of likely N-dealkylation sites (N-methyl/N-ethyl adjacent to an activating group) is 1. The maximum absolute atomic E-state index is 13.3. The Morgan fingerprint density at radius 2 is 1.89 bits per heavy atom. The van der Waals surface area contributed by atoms with Crippen LogP contribution in [0.4, 0.5) is 10.5 Å². The van der Waals surface area contributed by atoms with Crippen LogP contribution in [-0.2, 0) is 4.79 Å². The van der Waals surface area contributed by atoms with Crippen molar-refractivity contribution in [1.29, 1.82) is 0 Å². The number of carbonyl (C=O) groups is 2. The highest BCUT2D eigenvalue weighted by molar-refractivity contribution is 9.10. The second-order valence-corrected chi connectivity index (χ2v) is 8.70. The molecular formula is C20H28BrN5O2. The lowest BCUT2D eigenvalue weighted by Gasteiger charge is -2.44. The second kappa shape index (κ2) is 8.00. The van der Waals surface area contributed by atoms with Crippen LogP contribution < -0.4 is 10.2 Å². The number of urea groups is 1. The van der Waals surface area contributed by atoms with Crippen molar-refractivity contribution in [3.8, 4) is 0 Å². The van der Waals surface area contributed by atoms with Gasteiger partial charge in [-0.05, 0) is 37.1 Å². The van der Waals surface area contributed by atoms with Gasteiger partial charge in [0.1, 0.15) is 18.5 Å². The number of rotatable bonds is 5. The summed E-state index contributed by atoms with van der Waals surface area (Å²) in [7, 11) is 1.80. The summed E-state index contributed by atoms with van der Waals surface area (Å²) in [5, 5.41) is 3.55. The Balaban J connectivity index is 1.58. The number of fused-ring (bicyclic) bond motifs is 3. The van der Waals surface area contributed by atoms with Crippen molar-refractivity contribution < 1.29 is 9.59 Å². The lowest BCUT2D eigenvalue weighted by Crippen LogP contribution is -2.66. The molecule has 1 aromatic rings. The van der Waals surface area contributed by atoms with Crippen LogP contribution in [-0.4, -0.2) is 71.8 Å². The van der Waals surface area contributed by atoms with E-state index in [4.69, 9.17) is 0 Å². The maximum atomic E-state index is 13.3. The van der Waals surface area contributed by atoms with Crippen LogP contribution in [0.3, 0.4) is 0 Å². The molecule has 3 atom stereocenters. The van der Waals surface area contributed by atoms with E-state index >= 15 is 0 Å². The van der Waals surface area contributed by atoms with Crippen LogP contribution in [0, 0.1) is 0 Å². The van der Waals surface area contributed by atoms with Crippen molar-refractivity contribution in [1.82, 2.24) is 20.0 Å². The van der Waals surface area contributed by atoms with Crippen molar-refractivity contribution in [3.05, 3.63) is 28.7 Å². The molecule has 3 unspecified atom stereocenters. The van der Waals surface area contributed by atoms with E-state index in [0.717, 1.165) is 48.9 Å². The highest BCUT2D eigenvalue weighted by Crippen LogP contribution is 2.33. The Morgan fingerprint density at radius 1 is 1.14 bits per heavy atom. The molecule has 3 aliphatic heterocycles.